The third-order valence-electron chi connectivity index (χ3n) is 4.02. The Labute approximate surface area is 152 Å². The van der Waals surface area contributed by atoms with Gasteiger partial charge in [0.1, 0.15) is 11.4 Å². The van der Waals surface area contributed by atoms with Crippen LogP contribution in [0, 0.1) is 0 Å². The van der Waals surface area contributed by atoms with Gasteiger partial charge in [0.15, 0.2) is 5.11 Å². The number of hydrogen-bond acceptors (Lipinski definition) is 4. The minimum atomic E-state index is -0.190. The number of nitrogens with one attached hydrogen (secondary N) is 1. The molecule has 0 unspecified atom stereocenters. The van der Waals surface area contributed by atoms with Gasteiger partial charge in [0.2, 0.25) is 0 Å². The number of amides is 1. The molecule has 0 atom stereocenters. The van der Waals surface area contributed by atoms with E-state index in [-0.39, 0.29) is 5.91 Å². The number of carbonyl (C=O) groups is 1. The van der Waals surface area contributed by atoms with Crippen LogP contribution in [-0.2, 0) is 0 Å². The van der Waals surface area contributed by atoms with Crippen LogP contribution in [0.3, 0.4) is 0 Å². The standard InChI is InChI=1S/C18H20N4O2S/c1-3-9-19-18(25)22-11-6-10-21(22)17(23)15-12-16(24-2)13-7-4-5-8-14(13)20-15/h3-5,7-8,12H,1,6,9-11H2,2H3,(H,19,25). The van der Waals surface area contributed by atoms with Crippen LogP contribution in [0.5, 0.6) is 5.75 Å². The molecule has 1 saturated heterocycles. The van der Waals surface area contributed by atoms with E-state index in [9.17, 15) is 4.79 Å². The van der Waals surface area contributed by atoms with Crippen molar-refractivity contribution < 1.29 is 9.53 Å². The molecular formula is C18H20N4O2S. The summed E-state index contributed by atoms with van der Waals surface area (Å²) in [7, 11) is 1.59. The van der Waals surface area contributed by atoms with E-state index in [0.717, 1.165) is 17.3 Å². The second kappa shape index (κ2) is 7.48. The highest BCUT2D eigenvalue weighted by molar-refractivity contribution is 7.80. The maximum atomic E-state index is 13.0. The average Bonchev–Trinajstić information content (AvgIpc) is 3.14. The molecule has 1 aliphatic heterocycles. The van der Waals surface area contributed by atoms with Gasteiger partial charge in [0, 0.05) is 31.1 Å². The number of benzene rings is 1. The Hall–Kier alpha value is -2.67. The van der Waals surface area contributed by atoms with E-state index in [1.54, 1.807) is 29.3 Å². The number of hydrogen-bond donors (Lipinski definition) is 1. The van der Waals surface area contributed by atoms with Crippen LogP contribution in [0.25, 0.3) is 10.9 Å². The number of pyridine rings is 1. The summed E-state index contributed by atoms with van der Waals surface area (Å²) in [6.45, 7) is 5.52. The molecule has 0 saturated carbocycles. The molecule has 25 heavy (non-hydrogen) atoms. The van der Waals surface area contributed by atoms with Gasteiger partial charge < -0.3 is 10.1 Å². The molecule has 0 radical (unpaired) electrons. The molecule has 2 aromatic rings. The molecule has 1 fully saturated rings. The second-order valence-electron chi connectivity index (χ2n) is 5.61. The molecule has 0 bridgehead atoms. The van der Waals surface area contributed by atoms with Crippen molar-refractivity contribution in [3.05, 3.63) is 48.7 Å². The summed E-state index contributed by atoms with van der Waals surface area (Å²) in [6.07, 6.45) is 2.58. The number of ether oxygens (including phenoxy) is 1. The summed E-state index contributed by atoms with van der Waals surface area (Å²) in [4.78, 5) is 17.5. The lowest BCUT2D eigenvalue weighted by molar-refractivity contribution is 0.0486. The fourth-order valence-electron chi connectivity index (χ4n) is 2.84. The molecule has 1 aromatic carbocycles. The van der Waals surface area contributed by atoms with Gasteiger partial charge in [-0.15, -0.1) is 6.58 Å². The van der Waals surface area contributed by atoms with Gasteiger partial charge >= 0.3 is 0 Å². The van der Waals surface area contributed by atoms with Crippen LogP contribution in [0.4, 0.5) is 0 Å². The summed E-state index contributed by atoms with van der Waals surface area (Å²) in [5, 5.41) is 7.87. The van der Waals surface area contributed by atoms with Crippen molar-refractivity contribution in [2.75, 3.05) is 26.7 Å². The van der Waals surface area contributed by atoms with Gasteiger partial charge in [-0.3, -0.25) is 9.80 Å². The van der Waals surface area contributed by atoms with E-state index in [1.165, 1.54) is 0 Å². The number of aromatic nitrogens is 1. The van der Waals surface area contributed by atoms with Crippen molar-refractivity contribution in [1.29, 1.82) is 0 Å². The number of hydrazine groups is 1. The molecule has 130 valence electrons. The highest BCUT2D eigenvalue weighted by atomic mass is 32.1. The van der Waals surface area contributed by atoms with Crippen LogP contribution in [0.15, 0.2) is 43.0 Å². The Kier molecular flexibility index (Phi) is 5.14. The van der Waals surface area contributed by atoms with E-state index in [4.69, 9.17) is 17.0 Å². The number of carbonyl (C=O) groups excluding carboxylic acids is 1. The lowest BCUT2D eigenvalue weighted by Gasteiger charge is -2.29. The first-order chi connectivity index (χ1) is 12.2. The summed E-state index contributed by atoms with van der Waals surface area (Å²) >= 11 is 5.38. The van der Waals surface area contributed by atoms with E-state index in [0.29, 0.717) is 36.2 Å². The SMILES string of the molecule is C=CCNC(=S)N1CCCN1C(=O)c1cc(OC)c2ccccc2n1. The maximum absolute atomic E-state index is 13.0. The highest BCUT2D eigenvalue weighted by Crippen LogP contribution is 2.26. The first-order valence-corrected chi connectivity index (χ1v) is 8.48. The predicted molar refractivity (Wildman–Crippen MR) is 101 cm³/mol. The quantitative estimate of drug-likeness (QED) is 0.670. The van der Waals surface area contributed by atoms with Crippen LogP contribution in [-0.4, -0.2) is 52.8 Å². The zero-order valence-corrected chi connectivity index (χ0v) is 14.9. The Morgan fingerprint density at radius 1 is 1.40 bits per heavy atom. The van der Waals surface area contributed by atoms with Crippen LogP contribution in [0.1, 0.15) is 16.9 Å². The minimum Gasteiger partial charge on any atom is -0.496 e. The second-order valence-corrected chi connectivity index (χ2v) is 5.99. The summed E-state index contributed by atoms with van der Waals surface area (Å²) in [5.74, 6) is 0.441. The van der Waals surface area contributed by atoms with E-state index >= 15 is 0 Å². The lowest BCUT2D eigenvalue weighted by Crippen LogP contribution is -2.49. The molecule has 1 aromatic heterocycles. The van der Waals surface area contributed by atoms with E-state index in [1.807, 2.05) is 24.3 Å². The Morgan fingerprint density at radius 3 is 2.92 bits per heavy atom. The number of para-hydroxylation sites is 1. The van der Waals surface area contributed by atoms with Gasteiger partial charge in [-0.1, -0.05) is 18.2 Å². The zero-order chi connectivity index (χ0) is 17.8. The Balaban J connectivity index is 1.90. The molecule has 2 heterocycles. The molecule has 3 rings (SSSR count). The maximum Gasteiger partial charge on any atom is 0.291 e. The molecule has 0 spiro atoms. The monoisotopic (exact) mass is 356 g/mol. The van der Waals surface area contributed by atoms with Crippen molar-refractivity contribution >= 4 is 34.1 Å². The summed E-state index contributed by atoms with van der Waals surface area (Å²) in [6, 6.07) is 9.28. The molecule has 7 heteroatoms. The fraction of sp³-hybridized carbons (Fsp3) is 0.278. The van der Waals surface area contributed by atoms with Gasteiger partial charge in [-0.2, -0.15) is 0 Å². The molecule has 1 N–H and O–H groups in total. The third-order valence-corrected chi connectivity index (χ3v) is 4.37. The largest absolute Gasteiger partial charge is 0.496 e. The van der Waals surface area contributed by atoms with E-state index < -0.39 is 0 Å². The minimum absolute atomic E-state index is 0.190. The van der Waals surface area contributed by atoms with Crippen molar-refractivity contribution in [3.63, 3.8) is 0 Å². The van der Waals surface area contributed by atoms with Crippen molar-refractivity contribution in [2.45, 2.75) is 6.42 Å². The topological polar surface area (TPSA) is 57.7 Å². The molecule has 0 aliphatic carbocycles. The van der Waals surface area contributed by atoms with Gasteiger partial charge in [0.25, 0.3) is 5.91 Å². The van der Waals surface area contributed by atoms with Crippen molar-refractivity contribution in [2.24, 2.45) is 0 Å². The van der Waals surface area contributed by atoms with Crippen LogP contribution >= 0.6 is 12.2 Å². The van der Waals surface area contributed by atoms with Crippen molar-refractivity contribution in [1.82, 2.24) is 20.3 Å². The van der Waals surface area contributed by atoms with Gasteiger partial charge in [-0.05, 0) is 30.8 Å². The normalized spacial score (nSPS) is 13.8. The van der Waals surface area contributed by atoms with Crippen LogP contribution < -0.4 is 10.1 Å². The number of rotatable bonds is 4. The summed E-state index contributed by atoms with van der Waals surface area (Å²) < 4.78 is 5.43. The first kappa shape index (κ1) is 17.2. The zero-order valence-electron chi connectivity index (χ0n) is 14.1. The summed E-state index contributed by atoms with van der Waals surface area (Å²) in [5.41, 5.74) is 1.07. The number of thiocarbonyl (C=S) groups is 1. The fourth-order valence-corrected chi connectivity index (χ4v) is 3.11. The highest BCUT2D eigenvalue weighted by Gasteiger charge is 2.30. The smallest absolute Gasteiger partial charge is 0.291 e. The molecule has 1 aliphatic rings. The number of fused-ring (bicyclic) bond motifs is 1. The van der Waals surface area contributed by atoms with Gasteiger partial charge in [0.05, 0.1) is 12.6 Å². The van der Waals surface area contributed by atoms with Crippen LogP contribution in [0.2, 0.25) is 0 Å². The predicted octanol–water partition coefficient (Wildman–Crippen LogP) is 2.37. The Bertz CT molecular complexity index is 824. The average molecular weight is 356 g/mol. The number of nitrogens with zero attached hydrogens (tertiary/aromatic N) is 3. The van der Waals surface area contributed by atoms with Crippen molar-refractivity contribution in [3.8, 4) is 5.75 Å². The molecule has 1 amide bonds. The Morgan fingerprint density at radius 2 is 2.16 bits per heavy atom. The first-order valence-electron chi connectivity index (χ1n) is 8.07. The van der Waals surface area contributed by atoms with E-state index in [2.05, 4.69) is 16.9 Å². The number of methoxy groups -OCH3 is 1. The molecule has 6 nitrogen and oxygen atoms in total. The molecular weight excluding hydrogens is 336 g/mol. The third kappa shape index (κ3) is 3.41. The van der Waals surface area contributed by atoms with Gasteiger partial charge in [-0.25, -0.2) is 9.99 Å². The lowest BCUT2D eigenvalue weighted by atomic mass is 10.1.